The van der Waals surface area contributed by atoms with Crippen molar-refractivity contribution < 1.29 is 0 Å². The van der Waals surface area contributed by atoms with E-state index in [0.29, 0.717) is 17.5 Å². The third kappa shape index (κ3) is 5.91. The average Bonchev–Trinajstić information content (AvgIpc) is 4.04. The number of hydrogen-bond acceptors (Lipinski definition) is 5. The van der Waals surface area contributed by atoms with Gasteiger partial charge in [-0.05, 0) is 82.9 Å². The van der Waals surface area contributed by atoms with Crippen LogP contribution in [-0.4, -0.2) is 19.5 Å². The Labute approximate surface area is 370 Å². The van der Waals surface area contributed by atoms with E-state index in [2.05, 4.69) is 193 Å². The highest BCUT2D eigenvalue weighted by Crippen LogP contribution is 2.46. The molecule has 6 heteroatoms. The second-order valence-electron chi connectivity index (χ2n) is 15.9. The number of hydrogen-bond donors (Lipinski definition) is 0. The lowest BCUT2D eigenvalue weighted by Crippen LogP contribution is -2.01. The summed E-state index contributed by atoms with van der Waals surface area (Å²) in [7, 11) is 0. The largest absolute Gasteiger partial charge is 0.309 e. The van der Waals surface area contributed by atoms with E-state index in [1.807, 2.05) is 29.5 Å². The minimum Gasteiger partial charge on any atom is -0.309 e. The number of benzene rings is 9. The minimum atomic E-state index is 0.640. The second-order valence-corrected chi connectivity index (χ2v) is 18.1. The molecule has 294 valence electrons. The van der Waals surface area contributed by atoms with E-state index < -0.39 is 0 Å². The Kier molecular flexibility index (Phi) is 8.22. The first-order chi connectivity index (χ1) is 31.2. The molecule has 4 heterocycles. The number of fused-ring (bicyclic) bond motifs is 9. The van der Waals surface area contributed by atoms with Gasteiger partial charge in [0.15, 0.2) is 17.5 Å². The van der Waals surface area contributed by atoms with Gasteiger partial charge in [-0.15, -0.1) is 22.7 Å². The van der Waals surface area contributed by atoms with Gasteiger partial charge in [0.25, 0.3) is 0 Å². The first kappa shape index (κ1) is 35.9. The highest BCUT2D eigenvalue weighted by atomic mass is 32.1. The van der Waals surface area contributed by atoms with Crippen LogP contribution < -0.4 is 0 Å². The van der Waals surface area contributed by atoms with Crippen molar-refractivity contribution in [2.45, 2.75) is 0 Å². The molecule has 4 nitrogen and oxygen atoms in total. The third-order valence-corrected chi connectivity index (χ3v) is 14.6. The van der Waals surface area contributed by atoms with E-state index in [1.54, 1.807) is 11.3 Å². The van der Waals surface area contributed by atoms with Crippen LogP contribution in [0, 0.1) is 0 Å². The van der Waals surface area contributed by atoms with Crippen molar-refractivity contribution >= 4 is 84.8 Å². The van der Waals surface area contributed by atoms with Gasteiger partial charge in [0.2, 0.25) is 0 Å². The fourth-order valence-electron chi connectivity index (χ4n) is 9.35. The maximum atomic E-state index is 5.44. The summed E-state index contributed by atoms with van der Waals surface area (Å²) in [5.74, 6) is 1.92. The second kappa shape index (κ2) is 14.4. The van der Waals surface area contributed by atoms with Crippen molar-refractivity contribution in [1.82, 2.24) is 19.5 Å². The molecule has 13 aromatic rings. The number of nitrogens with zero attached hydrogens (tertiary/aromatic N) is 4. The molecular weight excluding hydrogens is 805 g/mol. The van der Waals surface area contributed by atoms with Crippen LogP contribution in [0.2, 0.25) is 0 Å². The molecule has 0 atom stereocenters. The van der Waals surface area contributed by atoms with Gasteiger partial charge in [-0.2, -0.15) is 0 Å². The van der Waals surface area contributed by atoms with Gasteiger partial charge in [0.1, 0.15) is 0 Å². The van der Waals surface area contributed by atoms with Crippen molar-refractivity contribution in [2.75, 3.05) is 0 Å². The number of rotatable bonds is 6. The average molecular weight is 839 g/mol. The number of para-hydroxylation sites is 2. The first-order valence-electron chi connectivity index (χ1n) is 21.1. The summed E-state index contributed by atoms with van der Waals surface area (Å²) in [6.07, 6.45) is 0. The highest BCUT2D eigenvalue weighted by molar-refractivity contribution is 7.26. The standard InChI is InChI=1S/C57H34N4S2/c1-3-15-35(16-4-1)37-19-13-20-38(31-37)41-24-14-28-52-53(41)46-33-40(61-48-25-10-7-21-42(48)43-22-8-11-26-49(43)61)34-47(54(46)63-52)57-59-55(36-17-5-2-6-18-36)58-56(60-57)39-29-30-51-45(32-39)44-23-9-12-27-50(44)62-51/h1-34H. The summed E-state index contributed by atoms with van der Waals surface area (Å²) in [6.45, 7) is 0. The number of aromatic nitrogens is 4. The Bertz CT molecular complexity index is 3870. The molecule has 0 saturated carbocycles. The molecule has 9 aromatic carbocycles. The normalized spacial score (nSPS) is 11.8. The third-order valence-electron chi connectivity index (χ3n) is 12.2. The fourth-order valence-corrected chi connectivity index (χ4v) is 11.7. The molecule has 0 amide bonds. The predicted molar refractivity (Wildman–Crippen MR) is 267 cm³/mol. The van der Waals surface area contributed by atoms with Gasteiger partial charge in [-0.3, -0.25) is 0 Å². The first-order valence-corrected chi connectivity index (χ1v) is 22.7. The van der Waals surface area contributed by atoms with Crippen molar-refractivity contribution in [2.24, 2.45) is 0 Å². The molecule has 0 unspecified atom stereocenters. The molecule has 0 saturated heterocycles. The van der Waals surface area contributed by atoms with Crippen LogP contribution in [0.4, 0.5) is 0 Å². The van der Waals surface area contributed by atoms with Crippen molar-refractivity contribution in [1.29, 1.82) is 0 Å². The Morgan fingerprint density at radius 3 is 1.68 bits per heavy atom. The quantitative estimate of drug-likeness (QED) is 0.168. The van der Waals surface area contributed by atoms with E-state index in [0.717, 1.165) is 38.1 Å². The monoisotopic (exact) mass is 838 g/mol. The van der Waals surface area contributed by atoms with E-state index >= 15 is 0 Å². The van der Waals surface area contributed by atoms with Crippen LogP contribution in [0.5, 0.6) is 0 Å². The lowest BCUT2D eigenvalue weighted by atomic mass is 9.95. The van der Waals surface area contributed by atoms with Crippen molar-refractivity contribution in [3.63, 3.8) is 0 Å². The molecule has 63 heavy (non-hydrogen) atoms. The van der Waals surface area contributed by atoms with Crippen molar-refractivity contribution in [3.05, 3.63) is 206 Å². The summed E-state index contributed by atoms with van der Waals surface area (Å²) < 4.78 is 7.27. The van der Waals surface area contributed by atoms with Crippen LogP contribution >= 0.6 is 22.7 Å². The fraction of sp³-hybridized carbons (Fsp3) is 0. The lowest BCUT2D eigenvalue weighted by molar-refractivity contribution is 1.08. The Morgan fingerprint density at radius 2 is 0.905 bits per heavy atom. The Balaban J connectivity index is 1.11. The van der Waals surface area contributed by atoms with Crippen LogP contribution in [0.1, 0.15) is 0 Å². The SMILES string of the molecule is c1ccc(-c2cccc(-c3cccc4sc5c(-c6nc(-c7ccccc7)nc(-c7ccc8sc9ccccc9c8c7)n6)cc(-n6c7ccccc7c7ccccc76)cc5c34)c2)cc1. The summed E-state index contributed by atoms with van der Waals surface area (Å²) in [5, 5.41) is 7.27. The van der Waals surface area contributed by atoms with Crippen molar-refractivity contribution in [3.8, 4) is 62.1 Å². The molecule has 0 aliphatic rings. The van der Waals surface area contributed by atoms with Gasteiger partial charge in [-0.25, -0.2) is 15.0 Å². The van der Waals surface area contributed by atoms with Crippen LogP contribution in [-0.2, 0) is 0 Å². The van der Waals surface area contributed by atoms with Gasteiger partial charge in [0.05, 0.1) is 11.0 Å². The molecule has 13 rings (SSSR count). The van der Waals surface area contributed by atoms with Gasteiger partial charge < -0.3 is 4.57 Å². The predicted octanol–water partition coefficient (Wildman–Crippen LogP) is 16.0. The zero-order valence-corrected chi connectivity index (χ0v) is 35.4. The number of thiophene rings is 2. The zero-order valence-electron chi connectivity index (χ0n) is 33.7. The summed E-state index contributed by atoms with van der Waals surface area (Å²) in [4.78, 5) is 16.0. The van der Waals surface area contributed by atoms with E-state index in [-0.39, 0.29) is 0 Å². The highest BCUT2D eigenvalue weighted by Gasteiger charge is 2.22. The van der Waals surface area contributed by atoms with E-state index in [1.165, 1.54) is 68.7 Å². The van der Waals surface area contributed by atoms with E-state index in [4.69, 9.17) is 15.0 Å². The Morgan fingerprint density at radius 1 is 0.317 bits per heavy atom. The molecule has 0 bridgehead atoms. The summed E-state index contributed by atoms with van der Waals surface area (Å²) in [5.41, 5.74) is 11.0. The molecule has 0 N–H and O–H groups in total. The topological polar surface area (TPSA) is 43.6 Å². The van der Waals surface area contributed by atoms with E-state index in [9.17, 15) is 0 Å². The Hall–Kier alpha value is -7.77. The lowest BCUT2D eigenvalue weighted by Gasteiger charge is -2.14. The molecule has 0 aliphatic heterocycles. The molecular formula is C57H34N4S2. The summed E-state index contributed by atoms with van der Waals surface area (Å²) >= 11 is 3.62. The van der Waals surface area contributed by atoms with Crippen LogP contribution in [0.3, 0.4) is 0 Å². The maximum Gasteiger partial charge on any atom is 0.165 e. The molecule has 4 aromatic heterocycles. The molecule has 0 radical (unpaired) electrons. The van der Waals surface area contributed by atoms with Gasteiger partial charge in [-0.1, -0.05) is 146 Å². The van der Waals surface area contributed by atoms with Crippen LogP contribution in [0.15, 0.2) is 206 Å². The summed E-state index contributed by atoms with van der Waals surface area (Å²) in [6, 6.07) is 73.9. The maximum absolute atomic E-state index is 5.44. The molecule has 0 fully saturated rings. The zero-order chi connectivity index (χ0) is 41.4. The van der Waals surface area contributed by atoms with Crippen LogP contribution in [0.25, 0.3) is 124 Å². The minimum absolute atomic E-state index is 0.640. The molecule has 0 aliphatic carbocycles. The van der Waals surface area contributed by atoms with Gasteiger partial charge >= 0.3 is 0 Å². The van der Waals surface area contributed by atoms with Gasteiger partial charge in [0, 0.05) is 73.5 Å². The molecule has 0 spiro atoms. The smallest absolute Gasteiger partial charge is 0.165 e.